The molecule has 0 bridgehead atoms. The number of anilines is 1. The number of nitrogens with one attached hydrogen (secondary N) is 3. The molecule has 0 saturated carbocycles. The second kappa shape index (κ2) is 10.9. The summed E-state index contributed by atoms with van der Waals surface area (Å²) in [5.74, 6) is 0.774. The lowest BCUT2D eigenvalue weighted by atomic mass is 10.1. The standard InChI is InChI=1S/C21H36N4O3/c1-8-22-18(24-15-21(5,6)27-7)23-14-13-16-9-11-17(12-10-16)25-19(26)28-20(2,3)4/h9-12H,8,13-15H2,1-7H3,(H,25,26)(H2,22,23,24). The van der Waals surface area contributed by atoms with Gasteiger partial charge >= 0.3 is 6.09 Å². The fourth-order valence-electron chi connectivity index (χ4n) is 2.18. The number of methoxy groups -OCH3 is 1. The van der Waals surface area contributed by atoms with Gasteiger partial charge in [-0.05, 0) is 65.7 Å². The van der Waals surface area contributed by atoms with Crippen LogP contribution in [0.1, 0.15) is 47.1 Å². The number of ether oxygens (including phenoxy) is 2. The van der Waals surface area contributed by atoms with E-state index in [-0.39, 0.29) is 5.60 Å². The topological polar surface area (TPSA) is 84.0 Å². The van der Waals surface area contributed by atoms with E-state index in [2.05, 4.69) is 20.9 Å². The Kier molecular flexibility index (Phi) is 9.25. The van der Waals surface area contributed by atoms with Crippen LogP contribution in [0.2, 0.25) is 0 Å². The molecule has 1 aromatic carbocycles. The smallest absolute Gasteiger partial charge is 0.412 e. The van der Waals surface area contributed by atoms with Gasteiger partial charge < -0.3 is 20.1 Å². The molecule has 0 aliphatic rings. The molecule has 1 rings (SSSR count). The van der Waals surface area contributed by atoms with E-state index in [4.69, 9.17) is 9.47 Å². The normalized spacial score (nSPS) is 12.5. The zero-order chi connectivity index (χ0) is 21.2. The summed E-state index contributed by atoms with van der Waals surface area (Å²) >= 11 is 0. The van der Waals surface area contributed by atoms with Crippen molar-refractivity contribution < 1.29 is 14.3 Å². The number of nitrogens with zero attached hydrogens (tertiary/aromatic N) is 1. The van der Waals surface area contributed by atoms with Crippen molar-refractivity contribution >= 4 is 17.7 Å². The lowest BCUT2D eigenvalue weighted by Crippen LogP contribution is -2.40. The first-order valence-electron chi connectivity index (χ1n) is 9.71. The number of rotatable bonds is 8. The molecule has 0 heterocycles. The van der Waals surface area contributed by atoms with Gasteiger partial charge in [-0.15, -0.1) is 0 Å². The highest BCUT2D eigenvalue weighted by Gasteiger charge is 2.16. The van der Waals surface area contributed by atoms with E-state index in [1.54, 1.807) is 7.11 Å². The number of hydrogen-bond donors (Lipinski definition) is 3. The molecule has 0 unspecified atom stereocenters. The zero-order valence-corrected chi connectivity index (χ0v) is 18.3. The molecule has 158 valence electrons. The van der Waals surface area contributed by atoms with E-state index in [1.807, 2.05) is 65.8 Å². The molecule has 0 aliphatic heterocycles. The fourth-order valence-corrected chi connectivity index (χ4v) is 2.18. The number of aliphatic imine (C=N–C) groups is 1. The van der Waals surface area contributed by atoms with Gasteiger partial charge in [-0.25, -0.2) is 4.79 Å². The van der Waals surface area contributed by atoms with Crippen molar-refractivity contribution in [1.29, 1.82) is 0 Å². The Labute approximate surface area is 169 Å². The second-order valence-electron chi connectivity index (χ2n) is 8.16. The van der Waals surface area contributed by atoms with Crippen molar-refractivity contribution in [1.82, 2.24) is 10.6 Å². The summed E-state index contributed by atoms with van der Waals surface area (Å²) in [6.07, 6.45) is 0.387. The quantitative estimate of drug-likeness (QED) is 0.465. The molecule has 1 amide bonds. The van der Waals surface area contributed by atoms with Crippen LogP contribution in [0.15, 0.2) is 29.3 Å². The Bertz CT molecular complexity index is 634. The average Bonchev–Trinajstić information content (AvgIpc) is 2.59. The Morgan fingerprint density at radius 1 is 1.07 bits per heavy atom. The maximum Gasteiger partial charge on any atom is 0.412 e. The maximum absolute atomic E-state index is 11.8. The van der Waals surface area contributed by atoms with Gasteiger partial charge in [0.15, 0.2) is 5.96 Å². The minimum Gasteiger partial charge on any atom is -0.444 e. The summed E-state index contributed by atoms with van der Waals surface area (Å²) in [6, 6.07) is 7.73. The van der Waals surface area contributed by atoms with Crippen LogP contribution in [0.25, 0.3) is 0 Å². The van der Waals surface area contributed by atoms with Crippen LogP contribution in [0.5, 0.6) is 0 Å². The third-order valence-corrected chi connectivity index (χ3v) is 3.82. The largest absolute Gasteiger partial charge is 0.444 e. The lowest BCUT2D eigenvalue weighted by Gasteiger charge is -2.21. The van der Waals surface area contributed by atoms with Crippen LogP contribution < -0.4 is 16.0 Å². The number of guanidine groups is 1. The first-order chi connectivity index (χ1) is 13.0. The maximum atomic E-state index is 11.8. The van der Waals surface area contributed by atoms with Crippen molar-refractivity contribution in [3.63, 3.8) is 0 Å². The van der Waals surface area contributed by atoms with Crippen LogP contribution in [-0.4, -0.2) is 50.0 Å². The summed E-state index contributed by atoms with van der Waals surface area (Å²) < 4.78 is 10.7. The molecule has 0 aromatic heterocycles. The summed E-state index contributed by atoms with van der Waals surface area (Å²) in [5.41, 5.74) is 1.07. The minimum absolute atomic E-state index is 0.292. The molecule has 0 aliphatic carbocycles. The molecule has 1 aromatic rings. The van der Waals surface area contributed by atoms with E-state index in [9.17, 15) is 4.79 Å². The van der Waals surface area contributed by atoms with Crippen LogP contribution in [-0.2, 0) is 15.9 Å². The molecule has 0 spiro atoms. The number of carbonyl (C=O) groups is 1. The highest BCUT2D eigenvalue weighted by Crippen LogP contribution is 2.13. The third kappa shape index (κ3) is 10.2. The predicted molar refractivity (Wildman–Crippen MR) is 115 cm³/mol. The number of hydrogen-bond acceptors (Lipinski definition) is 4. The Morgan fingerprint density at radius 3 is 2.25 bits per heavy atom. The van der Waals surface area contributed by atoms with E-state index in [0.29, 0.717) is 12.2 Å². The van der Waals surface area contributed by atoms with Crippen LogP contribution in [0.4, 0.5) is 10.5 Å². The molecular weight excluding hydrogens is 356 g/mol. The van der Waals surface area contributed by atoms with Crippen LogP contribution >= 0.6 is 0 Å². The van der Waals surface area contributed by atoms with Crippen molar-refractivity contribution in [2.75, 3.05) is 32.1 Å². The zero-order valence-electron chi connectivity index (χ0n) is 18.3. The average molecular weight is 393 g/mol. The van der Waals surface area contributed by atoms with Crippen LogP contribution in [0, 0.1) is 0 Å². The highest BCUT2D eigenvalue weighted by atomic mass is 16.6. The first-order valence-corrected chi connectivity index (χ1v) is 9.71. The van der Waals surface area contributed by atoms with Crippen molar-refractivity contribution in [2.24, 2.45) is 4.99 Å². The fraction of sp³-hybridized carbons (Fsp3) is 0.619. The molecule has 28 heavy (non-hydrogen) atoms. The molecule has 0 saturated heterocycles. The molecule has 3 N–H and O–H groups in total. The van der Waals surface area contributed by atoms with Crippen molar-refractivity contribution in [2.45, 2.75) is 59.2 Å². The Morgan fingerprint density at radius 2 is 1.71 bits per heavy atom. The van der Waals surface area contributed by atoms with Gasteiger partial charge in [0, 0.05) is 25.9 Å². The summed E-state index contributed by atoms with van der Waals surface area (Å²) in [6.45, 7) is 13.7. The molecule has 7 nitrogen and oxygen atoms in total. The molecule has 0 atom stereocenters. The molecule has 0 fully saturated rings. The van der Waals surface area contributed by atoms with Gasteiger partial charge in [-0.2, -0.15) is 0 Å². The van der Waals surface area contributed by atoms with E-state index < -0.39 is 11.7 Å². The van der Waals surface area contributed by atoms with Gasteiger partial charge in [-0.1, -0.05) is 12.1 Å². The SMILES string of the molecule is CCNC(=NCC(C)(C)OC)NCCc1ccc(NC(=O)OC(C)(C)C)cc1. The van der Waals surface area contributed by atoms with Gasteiger partial charge in [0.2, 0.25) is 0 Å². The molecule has 0 radical (unpaired) electrons. The minimum atomic E-state index is -0.514. The van der Waals surface area contributed by atoms with Gasteiger partial charge in [0.1, 0.15) is 5.60 Å². The molecule has 7 heteroatoms. The van der Waals surface area contributed by atoms with Crippen molar-refractivity contribution in [3.8, 4) is 0 Å². The van der Waals surface area contributed by atoms with Gasteiger partial charge in [0.25, 0.3) is 0 Å². The molecular formula is C21H36N4O3. The number of amides is 1. The second-order valence-corrected chi connectivity index (χ2v) is 8.16. The van der Waals surface area contributed by atoms with Gasteiger partial charge in [0.05, 0.1) is 12.1 Å². The highest BCUT2D eigenvalue weighted by molar-refractivity contribution is 5.84. The summed E-state index contributed by atoms with van der Waals surface area (Å²) in [4.78, 5) is 16.4. The number of benzene rings is 1. The predicted octanol–water partition coefficient (Wildman–Crippen LogP) is 3.56. The third-order valence-electron chi connectivity index (χ3n) is 3.82. The van der Waals surface area contributed by atoms with Crippen molar-refractivity contribution in [3.05, 3.63) is 29.8 Å². The summed E-state index contributed by atoms with van der Waals surface area (Å²) in [7, 11) is 1.69. The van der Waals surface area contributed by atoms with Gasteiger partial charge in [-0.3, -0.25) is 10.3 Å². The van der Waals surface area contributed by atoms with E-state index in [0.717, 1.165) is 31.0 Å². The van der Waals surface area contributed by atoms with E-state index in [1.165, 1.54) is 0 Å². The Balaban J connectivity index is 2.51. The Hall–Kier alpha value is -2.28. The number of carbonyl (C=O) groups excluding carboxylic acids is 1. The van der Waals surface area contributed by atoms with E-state index >= 15 is 0 Å². The monoisotopic (exact) mass is 392 g/mol. The van der Waals surface area contributed by atoms with Crippen LogP contribution in [0.3, 0.4) is 0 Å². The lowest BCUT2D eigenvalue weighted by molar-refractivity contribution is 0.0310. The summed E-state index contributed by atoms with van der Waals surface area (Å²) in [5, 5.41) is 9.30. The first kappa shape index (κ1) is 23.8.